The maximum absolute atomic E-state index is 3.85. The van der Waals surface area contributed by atoms with E-state index in [0.29, 0.717) is 6.04 Å². The van der Waals surface area contributed by atoms with Crippen LogP contribution in [0.2, 0.25) is 0 Å². The quantitative estimate of drug-likeness (QED) is 0.761. The summed E-state index contributed by atoms with van der Waals surface area (Å²) in [5, 5.41) is 3.47. The van der Waals surface area contributed by atoms with Crippen molar-refractivity contribution in [2.45, 2.75) is 32.2 Å². The highest BCUT2D eigenvalue weighted by molar-refractivity contribution is 5.54. The van der Waals surface area contributed by atoms with E-state index >= 15 is 0 Å². The lowest BCUT2D eigenvalue weighted by atomic mass is 9.97. The topological polar surface area (TPSA) is 15.3 Å². The molecule has 0 aromatic heterocycles. The smallest absolute Gasteiger partial charge is 0.0372 e. The van der Waals surface area contributed by atoms with Gasteiger partial charge in [0.25, 0.3) is 0 Å². The zero-order valence-corrected chi connectivity index (χ0v) is 12.6. The first kappa shape index (κ1) is 14.9. The second-order valence-corrected chi connectivity index (χ2v) is 5.61. The average molecular weight is 270 g/mol. The van der Waals surface area contributed by atoms with Crippen molar-refractivity contribution in [2.75, 3.05) is 25.0 Å². The van der Waals surface area contributed by atoms with Gasteiger partial charge in [-0.3, -0.25) is 4.90 Å². The fraction of sp³-hybridized carbons (Fsp3) is 0.444. The third-order valence-electron chi connectivity index (χ3n) is 3.99. The fourth-order valence-electron chi connectivity index (χ4n) is 2.89. The van der Waals surface area contributed by atoms with Crippen molar-refractivity contribution in [1.29, 1.82) is 0 Å². The van der Waals surface area contributed by atoms with Crippen LogP contribution >= 0.6 is 0 Å². The largest absolute Gasteiger partial charge is 0.385 e. The molecule has 0 fully saturated rings. The molecule has 2 rings (SSSR count). The van der Waals surface area contributed by atoms with E-state index in [2.05, 4.69) is 48.5 Å². The summed E-state index contributed by atoms with van der Waals surface area (Å²) >= 11 is 0. The van der Waals surface area contributed by atoms with Crippen molar-refractivity contribution in [3.05, 3.63) is 54.6 Å². The van der Waals surface area contributed by atoms with Crippen LogP contribution in [0.5, 0.6) is 0 Å². The predicted octanol–water partition coefficient (Wildman–Crippen LogP) is 3.65. The van der Waals surface area contributed by atoms with Crippen LogP contribution in [0.15, 0.2) is 43.5 Å². The number of hydrogen-bond donors (Lipinski definition) is 1. The zero-order valence-electron chi connectivity index (χ0n) is 12.6. The van der Waals surface area contributed by atoms with E-state index in [1.807, 2.05) is 12.2 Å². The molecule has 1 aliphatic heterocycles. The maximum Gasteiger partial charge on any atom is 0.0372 e. The van der Waals surface area contributed by atoms with Crippen molar-refractivity contribution in [3.8, 4) is 0 Å². The van der Waals surface area contributed by atoms with Crippen LogP contribution < -0.4 is 5.32 Å². The Hall–Kier alpha value is -1.54. The van der Waals surface area contributed by atoms with Gasteiger partial charge in [-0.05, 0) is 43.4 Å². The molecule has 1 heterocycles. The molecule has 0 saturated carbocycles. The summed E-state index contributed by atoms with van der Waals surface area (Å²) in [6.45, 7) is 12.9. The van der Waals surface area contributed by atoms with E-state index in [1.165, 1.54) is 29.7 Å². The summed E-state index contributed by atoms with van der Waals surface area (Å²) < 4.78 is 0. The summed E-state index contributed by atoms with van der Waals surface area (Å²) in [5.74, 6) is 0. The minimum Gasteiger partial charge on any atom is -0.385 e. The van der Waals surface area contributed by atoms with E-state index in [1.54, 1.807) is 0 Å². The van der Waals surface area contributed by atoms with Crippen molar-refractivity contribution >= 4 is 5.69 Å². The normalized spacial score (nSPS) is 15.3. The van der Waals surface area contributed by atoms with Crippen molar-refractivity contribution < 1.29 is 0 Å². The Labute approximate surface area is 123 Å². The van der Waals surface area contributed by atoms with Gasteiger partial charge in [-0.1, -0.05) is 24.3 Å². The lowest BCUT2D eigenvalue weighted by molar-refractivity contribution is 0.255. The van der Waals surface area contributed by atoms with Crippen LogP contribution in [0.25, 0.3) is 0 Å². The lowest BCUT2D eigenvalue weighted by Crippen LogP contribution is -2.35. The maximum atomic E-state index is 3.85. The second-order valence-electron chi connectivity index (χ2n) is 5.61. The highest BCUT2D eigenvalue weighted by Crippen LogP contribution is 2.23. The molecule has 0 saturated heterocycles. The van der Waals surface area contributed by atoms with Crippen LogP contribution in [0.1, 0.15) is 24.5 Å². The molecule has 1 unspecified atom stereocenters. The predicted molar refractivity (Wildman–Crippen MR) is 88.4 cm³/mol. The Bertz CT molecular complexity index is 454. The molecule has 0 spiro atoms. The first-order valence-electron chi connectivity index (χ1n) is 7.56. The van der Waals surface area contributed by atoms with Crippen molar-refractivity contribution in [2.24, 2.45) is 0 Å². The summed E-state index contributed by atoms with van der Waals surface area (Å²) in [7, 11) is 0. The lowest BCUT2D eigenvalue weighted by Gasteiger charge is -2.27. The Morgan fingerprint density at radius 2 is 2.05 bits per heavy atom. The zero-order chi connectivity index (χ0) is 14.4. The first-order valence-corrected chi connectivity index (χ1v) is 7.56. The Morgan fingerprint density at radius 3 is 2.75 bits per heavy atom. The van der Waals surface area contributed by atoms with Gasteiger partial charge < -0.3 is 5.32 Å². The molecule has 0 aliphatic carbocycles. The Kier molecular flexibility index (Phi) is 5.42. The molecule has 2 nitrogen and oxygen atoms in total. The van der Waals surface area contributed by atoms with Crippen LogP contribution in [-0.2, 0) is 12.8 Å². The second kappa shape index (κ2) is 7.30. The van der Waals surface area contributed by atoms with E-state index in [-0.39, 0.29) is 0 Å². The van der Waals surface area contributed by atoms with E-state index in [0.717, 1.165) is 26.1 Å². The molecule has 0 amide bonds. The minimum atomic E-state index is 0.501. The molecule has 108 valence electrons. The molecule has 2 heteroatoms. The fourth-order valence-corrected chi connectivity index (χ4v) is 2.89. The van der Waals surface area contributed by atoms with Gasteiger partial charge in [-0.2, -0.15) is 0 Å². The van der Waals surface area contributed by atoms with Crippen molar-refractivity contribution in [3.63, 3.8) is 0 Å². The molecule has 0 radical (unpaired) electrons. The van der Waals surface area contributed by atoms with Gasteiger partial charge in [0.05, 0.1) is 0 Å². The molecular formula is C18H26N2. The van der Waals surface area contributed by atoms with E-state index < -0.39 is 0 Å². The van der Waals surface area contributed by atoms with Gasteiger partial charge >= 0.3 is 0 Å². The number of fused-ring (bicyclic) bond motifs is 1. The molecule has 1 aliphatic rings. The standard InChI is InChI=1S/C18H26N2/c1-4-11-20(12-5-2)15(3)13-16-8-9-18-17(14-16)7-6-10-19-18/h4-5,8-9,14-15,19H,1-2,6-7,10-13H2,3H3. The Morgan fingerprint density at radius 1 is 1.30 bits per heavy atom. The number of hydrogen-bond acceptors (Lipinski definition) is 2. The number of nitrogens with one attached hydrogen (secondary N) is 1. The number of aryl methyl sites for hydroxylation is 1. The van der Waals surface area contributed by atoms with Gasteiger partial charge in [0.2, 0.25) is 0 Å². The van der Waals surface area contributed by atoms with Crippen LogP contribution in [0, 0.1) is 0 Å². The molecular weight excluding hydrogens is 244 g/mol. The molecule has 1 aromatic carbocycles. The number of nitrogens with zero attached hydrogens (tertiary/aromatic N) is 1. The van der Waals surface area contributed by atoms with Crippen molar-refractivity contribution in [1.82, 2.24) is 4.90 Å². The summed E-state index contributed by atoms with van der Waals surface area (Å²) in [4.78, 5) is 2.40. The highest BCUT2D eigenvalue weighted by Gasteiger charge is 2.14. The van der Waals surface area contributed by atoms with Gasteiger partial charge in [0.1, 0.15) is 0 Å². The molecule has 0 bridgehead atoms. The van der Waals surface area contributed by atoms with Gasteiger partial charge in [-0.15, -0.1) is 13.2 Å². The summed E-state index contributed by atoms with van der Waals surface area (Å²) in [5.41, 5.74) is 4.22. The average Bonchev–Trinajstić information content (AvgIpc) is 2.47. The third kappa shape index (κ3) is 3.73. The third-order valence-corrected chi connectivity index (χ3v) is 3.99. The SMILES string of the molecule is C=CCN(CC=C)C(C)Cc1ccc2c(c1)CCCN2. The van der Waals surface area contributed by atoms with E-state index in [4.69, 9.17) is 0 Å². The Balaban J connectivity index is 2.04. The molecule has 1 N–H and O–H groups in total. The minimum absolute atomic E-state index is 0.501. The van der Waals surface area contributed by atoms with Gasteiger partial charge in [-0.25, -0.2) is 0 Å². The van der Waals surface area contributed by atoms with Gasteiger partial charge in [0, 0.05) is 31.4 Å². The van der Waals surface area contributed by atoms with Crippen LogP contribution in [-0.4, -0.2) is 30.6 Å². The van der Waals surface area contributed by atoms with Crippen LogP contribution in [0.3, 0.4) is 0 Å². The number of rotatable bonds is 7. The van der Waals surface area contributed by atoms with E-state index in [9.17, 15) is 0 Å². The first-order chi connectivity index (χ1) is 9.74. The summed E-state index contributed by atoms with van der Waals surface area (Å²) in [6.07, 6.45) is 7.46. The number of anilines is 1. The van der Waals surface area contributed by atoms with Crippen LogP contribution in [0.4, 0.5) is 5.69 Å². The summed E-state index contributed by atoms with van der Waals surface area (Å²) in [6, 6.07) is 7.37. The molecule has 1 aromatic rings. The molecule has 1 atom stereocenters. The molecule has 20 heavy (non-hydrogen) atoms. The number of benzene rings is 1. The highest BCUT2D eigenvalue weighted by atomic mass is 15.1. The monoisotopic (exact) mass is 270 g/mol. The van der Waals surface area contributed by atoms with Gasteiger partial charge in [0.15, 0.2) is 0 Å².